The largest absolute Gasteiger partial charge is 0.382 e. The molecule has 1 saturated carbocycles. The fourth-order valence-electron chi connectivity index (χ4n) is 2.43. The monoisotopic (exact) mass is 244 g/mol. The lowest BCUT2D eigenvalue weighted by Gasteiger charge is -2.35. The molecule has 1 aliphatic carbocycles. The summed E-state index contributed by atoms with van der Waals surface area (Å²) >= 11 is 0. The molecule has 0 aromatic heterocycles. The average Bonchev–Trinajstić information content (AvgIpc) is 2.76. The lowest BCUT2D eigenvalue weighted by molar-refractivity contribution is -0.179. The highest BCUT2D eigenvalue weighted by Gasteiger charge is 2.40. The van der Waals surface area contributed by atoms with Crippen molar-refractivity contribution in [1.82, 2.24) is 5.32 Å². The third-order valence-electron chi connectivity index (χ3n) is 3.49. The normalized spacial score (nSPS) is 26.2. The zero-order valence-corrected chi connectivity index (χ0v) is 9.85. The summed E-state index contributed by atoms with van der Waals surface area (Å²) in [5.41, 5.74) is 4.98. The number of nitrogens with two attached hydrogens (primary N) is 1. The van der Waals surface area contributed by atoms with Gasteiger partial charge in [0.25, 0.3) is 0 Å². The van der Waals surface area contributed by atoms with Crippen LogP contribution < -0.4 is 11.1 Å². The van der Waals surface area contributed by atoms with Crippen LogP contribution in [0.5, 0.6) is 0 Å². The minimum atomic E-state index is -1.11. The van der Waals surface area contributed by atoms with Crippen LogP contribution in [0.25, 0.3) is 0 Å². The van der Waals surface area contributed by atoms with Gasteiger partial charge < -0.3 is 25.6 Å². The van der Waals surface area contributed by atoms with Crippen molar-refractivity contribution in [2.45, 2.75) is 43.6 Å². The Bertz CT molecular complexity index is 269. The Morgan fingerprint density at radius 3 is 2.53 bits per heavy atom. The van der Waals surface area contributed by atoms with Gasteiger partial charge in [-0.2, -0.15) is 0 Å². The summed E-state index contributed by atoms with van der Waals surface area (Å²) in [6, 6.07) is 0.294. The number of primary amides is 1. The molecule has 6 heteroatoms. The van der Waals surface area contributed by atoms with Crippen LogP contribution in [-0.2, 0) is 14.3 Å². The van der Waals surface area contributed by atoms with E-state index in [-0.39, 0.29) is 12.3 Å². The van der Waals surface area contributed by atoms with Crippen molar-refractivity contribution in [3.05, 3.63) is 0 Å². The third kappa shape index (κ3) is 3.16. The summed E-state index contributed by atoms with van der Waals surface area (Å²) in [4.78, 5) is 10.7. The van der Waals surface area contributed by atoms with E-state index in [4.69, 9.17) is 15.2 Å². The predicted molar refractivity (Wildman–Crippen MR) is 60.1 cm³/mol. The zero-order chi connectivity index (χ0) is 12.3. The smallest absolute Gasteiger partial charge is 0.247 e. The van der Waals surface area contributed by atoms with E-state index in [2.05, 4.69) is 5.32 Å². The topological polar surface area (TPSA) is 93.8 Å². The van der Waals surface area contributed by atoms with E-state index in [1.165, 1.54) is 0 Å². The van der Waals surface area contributed by atoms with Gasteiger partial charge in [0, 0.05) is 25.4 Å². The summed E-state index contributed by atoms with van der Waals surface area (Å²) in [6.45, 7) is 1.58. The van der Waals surface area contributed by atoms with E-state index < -0.39 is 12.0 Å². The molecule has 1 spiro atoms. The second-order valence-electron chi connectivity index (χ2n) is 4.71. The van der Waals surface area contributed by atoms with Crippen molar-refractivity contribution in [2.75, 3.05) is 19.8 Å². The van der Waals surface area contributed by atoms with Crippen molar-refractivity contribution in [2.24, 2.45) is 5.73 Å². The minimum Gasteiger partial charge on any atom is -0.382 e. The Labute approximate surface area is 100 Å². The molecule has 0 aromatic carbocycles. The number of amides is 1. The van der Waals surface area contributed by atoms with Gasteiger partial charge >= 0.3 is 0 Å². The van der Waals surface area contributed by atoms with Crippen LogP contribution >= 0.6 is 0 Å². The highest BCUT2D eigenvalue weighted by molar-refractivity contribution is 5.78. The zero-order valence-electron chi connectivity index (χ0n) is 9.85. The van der Waals surface area contributed by atoms with Crippen LogP contribution in [0.15, 0.2) is 0 Å². The summed E-state index contributed by atoms with van der Waals surface area (Å²) in [7, 11) is 0. The Morgan fingerprint density at radius 1 is 1.41 bits per heavy atom. The predicted octanol–water partition coefficient (Wildman–Crippen LogP) is -0.892. The van der Waals surface area contributed by atoms with E-state index in [0.29, 0.717) is 19.3 Å². The van der Waals surface area contributed by atoms with E-state index in [1.54, 1.807) is 0 Å². The molecule has 0 bridgehead atoms. The summed E-state index contributed by atoms with van der Waals surface area (Å²) in [5.74, 6) is -1.05. The first-order valence-electron chi connectivity index (χ1n) is 6.10. The highest BCUT2D eigenvalue weighted by Crippen LogP contribution is 2.35. The van der Waals surface area contributed by atoms with Crippen LogP contribution in [-0.4, -0.2) is 48.7 Å². The van der Waals surface area contributed by atoms with Crippen molar-refractivity contribution in [3.8, 4) is 0 Å². The van der Waals surface area contributed by atoms with Gasteiger partial charge in [0.1, 0.15) is 6.10 Å². The number of hydrogen-bond donors (Lipinski definition) is 3. The van der Waals surface area contributed by atoms with Crippen molar-refractivity contribution < 1.29 is 19.4 Å². The number of hydrogen-bond acceptors (Lipinski definition) is 5. The van der Waals surface area contributed by atoms with Gasteiger partial charge in [-0.15, -0.1) is 0 Å². The first-order valence-corrected chi connectivity index (χ1v) is 6.10. The first-order chi connectivity index (χ1) is 8.11. The lowest BCUT2D eigenvalue weighted by Crippen LogP contribution is -2.46. The molecule has 2 fully saturated rings. The fraction of sp³-hybridized carbons (Fsp3) is 0.909. The SMILES string of the molecule is NC(=O)C(O)CNC1CCC2(CC1)OCCO2. The van der Waals surface area contributed by atoms with Crippen LogP contribution in [0.1, 0.15) is 25.7 Å². The number of aliphatic hydroxyl groups is 1. The van der Waals surface area contributed by atoms with Crippen molar-refractivity contribution in [1.29, 1.82) is 0 Å². The Hall–Kier alpha value is -0.690. The molecular formula is C11H20N2O4. The summed E-state index contributed by atoms with van der Waals surface area (Å²) in [5, 5.41) is 12.4. The molecule has 0 aromatic rings. The van der Waals surface area contributed by atoms with Crippen LogP contribution in [0, 0.1) is 0 Å². The fourth-order valence-corrected chi connectivity index (χ4v) is 2.43. The second kappa shape index (κ2) is 5.30. The summed E-state index contributed by atoms with van der Waals surface area (Å²) < 4.78 is 11.2. The van der Waals surface area contributed by atoms with Gasteiger partial charge in [0.05, 0.1) is 13.2 Å². The number of carbonyl (C=O) groups is 1. The van der Waals surface area contributed by atoms with E-state index in [1.807, 2.05) is 0 Å². The van der Waals surface area contributed by atoms with Gasteiger partial charge in [-0.05, 0) is 12.8 Å². The summed E-state index contributed by atoms with van der Waals surface area (Å²) in [6.07, 6.45) is 2.45. The van der Waals surface area contributed by atoms with Crippen LogP contribution in [0.2, 0.25) is 0 Å². The van der Waals surface area contributed by atoms with Crippen molar-refractivity contribution in [3.63, 3.8) is 0 Å². The van der Waals surface area contributed by atoms with Gasteiger partial charge in [-0.3, -0.25) is 4.79 Å². The highest BCUT2D eigenvalue weighted by atomic mass is 16.7. The molecule has 1 aliphatic heterocycles. The molecular weight excluding hydrogens is 224 g/mol. The Balaban J connectivity index is 1.70. The molecule has 2 rings (SSSR count). The van der Waals surface area contributed by atoms with E-state index in [0.717, 1.165) is 25.7 Å². The number of rotatable bonds is 4. The van der Waals surface area contributed by atoms with Gasteiger partial charge in [-0.25, -0.2) is 0 Å². The van der Waals surface area contributed by atoms with E-state index in [9.17, 15) is 9.90 Å². The molecule has 0 radical (unpaired) electrons. The number of carbonyl (C=O) groups excluding carboxylic acids is 1. The maximum absolute atomic E-state index is 10.7. The quantitative estimate of drug-likeness (QED) is 0.596. The van der Waals surface area contributed by atoms with Crippen LogP contribution in [0.4, 0.5) is 0 Å². The van der Waals surface area contributed by atoms with Crippen molar-refractivity contribution >= 4 is 5.91 Å². The molecule has 1 saturated heterocycles. The number of nitrogens with one attached hydrogen (secondary N) is 1. The minimum absolute atomic E-state index is 0.217. The Morgan fingerprint density at radius 2 is 2.00 bits per heavy atom. The number of aliphatic hydroxyl groups excluding tert-OH is 1. The van der Waals surface area contributed by atoms with E-state index >= 15 is 0 Å². The Kier molecular flexibility index (Phi) is 3.98. The van der Waals surface area contributed by atoms with Gasteiger partial charge in [0.15, 0.2) is 5.79 Å². The molecule has 1 amide bonds. The number of ether oxygens (including phenoxy) is 2. The molecule has 2 aliphatic rings. The standard InChI is InChI=1S/C11H20N2O4/c12-10(15)9(14)7-13-8-1-3-11(4-2-8)16-5-6-17-11/h8-9,13-14H,1-7H2,(H2,12,15). The molecule has 17 heavy (non-hydrogen) atoms. The molecule has 98 valence electrons. The maximum atomic E-state index is 10.7. The third-order valence-corrected chi connectivity index (χ3v) is 3.49. The first kappa shape index (κ1) is 12.8. The van der Waals surface area contributed by atoms with Gasteiger partial charge in [-0.1, -0.05) is 0 Å². The lowest BCUT2D eigenvalue weighted by atomic mass is 9.90. The molecule has 1 atom stereocenters. The van der Waals surface area contributed by atoms with Crippen LogP contribution in [0.3, 0.4) is 0 Å². The maximum Gasteiger partial charge on any atom is 0.247 e. The van der Waals surface area contributed by atoms with Gasteiger partial charge in [0.2, 0.25) is 5.91 Å². The molecule has 6 nitrogen and oxygen atoms in total. The average molecular weight is 244 g/mol. The molecule has 1 heterocycles. The molecule has 4 N–H and O–H groups in total. The second-order valence-corrected chi connectivity index (χ2v) is 4.71. The molecule has 1 unspecified atom stereocenters.